The Labute approximate surface area is 113 Å². The van der Waals surface area contributed by atoms with Gasteiger partial charge in [-0.3, -0.25) is 4.55 Å². The standard InChI is InChI=1S/C12H21NO5S/c1-11(2,3)18-10(14)13-7-9(19(15,16)17)12(8-13)5-4-6-12/h9H,4-8H2,1-3H3,(H,15,16,17). The van der Waals surface area contributed by atoms with Gasteiger partial charge >= 0.3 is 6.09 Å². The van der Waals surface area contributed by atoms with Crippen LogP contribution < -0.4 is 0 Å². The summed E-state index contributed by atoms with van der Waals surface area (Å²) < 4.78 is 37.5. The zero-order valence-electron chi connectivity index (χ0n) is 11.5. The summed E-state index contributed by atoms with van der Waals surface area (Å²) in [6.45, 7) is 5.67. The van der Waals surface area contributed by atoms with E-state index in [1.54, 1.807) is 20.8 Å². The van der Waals surface area contributed by atoms with Crippen LogP contribution in [0.25, 0.3) is 0 Å². The van der Waals surface area contributed by atoms with E-state index in [-0.39, 0.29) is 6.54 Å². The molecule has 0 aromatic rings. The van der Waals surface area contributed by atoms with Crippen molar-refractivity contribution in [2.75, 3.05) is 13.1 Å². The average molecular weight is 291 g/mol. The maximum absolute atomic E-state index is 12.0. The molecule has 1 heterocycles. The van der Waals surface area contributed by atoms with Crippen LogP contribution in [0, 0.1) is 5.41 Å². The van der Waals surface area contributed by atoms with Crippen molar-refractivity contribution in [2.24, 2.45) is 5.41 Å². The minimum Gasteiger partial charge on any atom is -0.444 e. The number of amides is 1. The fraction of sp³-hybridized carbons (Fsp3) is 0.917. The largest absolute Gasteiger partial charge is 0.444 e. The van der Waals surface area contributed by atoms with E-state index in [9.17, 15) is 17.8 Å². The second-order valence-corrected chi connectivity index (χ2v) is 8.18. The normalized spacial score (nSPS) is 26.3. The third kappa shape index (κ3) is 2.86. The molecule has 1 spiro atoms. The maximum atomic E-state index is 12.0. The third-order valence-corrected chi connectivity index (χ3v) is 5.30. The molecule has 2 rings (SSSR count). The van der Waals surface area contributed by atoms with Crippen molar-refractivity contribution in [2.45, 2.75) is 50.9 Å². The van der Waals surface area contributed by atoms with E-state index < -0.39 is 32.5 Å². The minimum atomic E-state index is -4.13. The summed E-state index contributed by atoms with van der Waals surface area (Å²) >= 11 is 0. The molecule has 1 saturated carbocycles. The van der Waals surface area contributed by atoms with Crippen LogP contribution in [0.3, 0.4) is 0 Å². The Morgan fingerprint density at radius 1 is 1.37 bits per heavy atom. The summed E-state index contributed by atoms with van der Waals surface area (Å²) in [5, 5.41) is -0.874. The lowest BCUT2D eigenvalue weighted by molar-refractivity contribution is 0.0245. The molecule has 6 nitrogen and oxygen atoms in total. The Hall–Kier alpha value is -0.820. The Morgan fingerprint density at radius 3 is 2.26 bits per heavy atom. The summed E-state index contributed by atoms with van der Waals surface area (Å²) in [6, 6.07) is 0. The first kappa shape index (κ1) is 14.6. The molecule has 1 aliphatic heterocycles. The van der Waals surface area contributed by atoms with Gasteiger partial charge in [-0.2, -0.15) is 8.42 Å². The fourth-order valence-corrected chi connectivity index (χ4v) is 4.24. The van der Waals surface area contributed by atoms with Crippen molar-refractivity contribution >= 4 is 16.2 Å². The number of nitrogens with zero attached hydrogens (tertiary/aromatic N) is 1. The molecule has 0 radical (unpaired) electrons. The van der Waals surface area contributed by atoms with Crippen molar-refractivity contribution < 1.29 is 22.5 Å². The number of likely N-dealkylation sites (tertiary alicyclic amines) is 1. The minimum absolute atomic E-state index is 0.0216. The van der Waals surface area contributed by atoms with Gasteiger partial charge in [0.25, 0.3) is 10.1 Å². The number of carbonyl (C=O) groups excluding carboxylic acids is 1. The second kappa shape index (κ2) is 4.34. The Bertz CT molecular complexity index is 475. The van der Waals surface area contributed by atoms with Gasteiger partial charge < -0.3 is 9.64 Å². The van der Waals surface area contributed by atoms with Gasteiger partial charge in [0.2, 0.25) is 0 Å². The van der Waals surface area contributed by atoms with Gasteiger partial charge in [0, 0.05) is 18.5 Å². The molecule has 1 aliphatic carbocycles. The van der Waals surface area contributed by atoms with E-state index in [4.69, 9.17) is 4.74 Å². The molecule has 2 fully saturated rings. The molecule has 7 heteroatoms. The van der Waals surface area contributed by atoms with Crippen molar-refractivity contribution in [1.82, 2.24) is 4.90 Å². The molecule has 1 saturated heterocycles. The molecule has 0 aromatic heterocycles. The highest BCUT2D eigenvalue weighted by molar-refractivity contribution is 7.86. The quantitative estimate of drug-likeness (QED) is 0.743. The van der Waals surface area contributed by atoms with Gasteiger partial charge in [0.15, 0.2) is 0 Å². The number of hydrogen-bond acceptors (Lipinski definition) is 4. The lowest BCUT2D eigenvalue weighted by atomic mass is 9.68. The topological polar surface area (TPSA) is 83.9 Å². The molecule has 1 atom stereocenters. The lowest BCUT2D eigenvalue weighted by Crippen LogP contribution is -2.44. The molecular weight excluding hydrogens is 270 g/mol. The van der Waals surface area contributed by atoms with Gasteiger partial charge in [-0.1, -0.05) is 6.42 Å². The first-order chi connectivity index (χ1) is 8.54. The first-order valence-electron chi connectivity index (χ1n) is 6.48. The highest BCUT2D eigenvalue weighted by Gasteiger charge is 2.57. The number of rotatable bonds is 1. The van der Waals surface area contributed by atoms with E-state index >= 15 is 0 Å². The van der Waals surface area contributed by atoms with Crippen LogP contribution in [0.1, 0.15) is 40.0 Å². The predicted molar refractivity (Wildman–Crippen MR) is 69.4 cm³/mol. The van der Waals surface area contributed by atoms with Crippen LogP contribution in [0.5, 0.6) is 0 Å². The molecular formula is C12H21NO5S. The maximum Gasteiger partial charge on any atom is 0.410 e. The van der Waals surface area contributed by atoms with Crippen LogP contribution in [0.4, 0.5) is 4.79 Å². The number of hydrogen-bond donors (Lipinski definition) is 1. The summed E-state index contributed by atoms with van der Waals surface area (Å²) in [7, 11) is -4.13. The smallest absolute Gasteiger partial charge is 0.410 e. The Balaban J connectivity index is 2.13. The van der Waals surface area contributed by atoms with Crippen LogP contribution in [-0.4, -0.2) is 47.9 Å². The molecule has 0 aromatic carbocycles. The van der Waals surface area contributed by atoms with Crippen LogP contribution in [-0.2, 0) is 14.9 Å². The Kier molecular flexibility index (Phi) is 3.33. The highest BCUT2D eigenvalue weighted by atomic mass is 32.2. The first-order valence-corrected chi connectivity index (χ1v) is 7.98. The van der Waals surface area contributed by atoms with E-state index in [1.165, 1.54) is 4.90 Å². The van der Waals surface area contributed by atoms with Crippen molar-refractivity contribution in [1.29, 1.82) is 0 Å². The second-order valence-electron chi connectivity index (χ2n) is 6.58. The lowest BCUT2D eigenvalue weighted by Gasteiger charge is -2.41. The van der Waals surface area contributed by atoms with Crippen LogP contribution in [0.2, 0.25) is 0 Å². The summed E-state index contributed by atoms with van der Waals surface area (Å²) in [5.41, 5.74) is -1.08. The van der Waals surface area contributed by atoms with Crippen molar-refractivity contribution in [3.8, 4) is 0 Å². The SMILES string of the molecule is CC(C)(C)OC(=O)N1CC(S(=O)(=O)O)C2(CCC2)C1. The zero-order chi connectivity index (χ0) is 14.5. The monoisotopic (exact) mass is 291 g/mol. The third-order valence-electron chi connectivity index (χ3n) is 3.94. The van der Waals surface area contributed by atoms with Gasteiger partial charge in [-0.05, 0) is 33.6 Å². The summed E-state index contributed by atoms with van der Waals surface area (Å²) in [6.07, 6.45) is 1.90. The van der Waals surface area contributed by atoms with E-state index in [0.29, 0.717) is 6.54 Å². The molecule has 1 amide bonds. The highest BCUT2D eigenvalue weighted by Crippen LogP contribution is 2.50. The molecule has 2 aliphatic rings. The zero-order valence-corrected chi connectivity index (χ0v) is 12.4. The molecule has 1 N–H and O–H groups in total. The Morgan fingerprint density at radius 2 is 1.95 bits per heavy atom. The van der Waals surface area contributed by atoms with E-state index in [1.807, 2.05) is 0 Å². The van der Waals surface area contributed by atoms with Crippen molar-refractivity contribution in [3.63, 3.8) is 0 Å². The number of carbonyl (C=O) groups is 1. The average Bonchev–Trinajstić information content (AvgIpc) is 2.53. The van der Waals surface area contributed by atoms with Gasteiger partial charge in [-0.25, -0.2) is 4.79 Å². The van der Waals surface area contributed by atoms with Crippen LogP contribution >= 0.6 is 0 Å². The summed E-state index contributed by atoms with van der Waals surface area (Å²) in [5.74, 6) is 0. The van der Waals surface area contributed by atoms with Gasteiger partial charge in [0.1, 0.15) is 10.9 Å². The predicted octanol–water partition coefficient (Wildman–Crippen LogP) is 1.66. The van der Waals surface area contributed by atoms with Crippen molar-refractivity contribution in [3.05, 3.63) is 0 Å². The van der Waals surface area contributed by atoms with Gasteiger partial charge in [0.05, 0.1) is 0 Å². The van der Waals surface area contributed by atoms with E-state index in [0.717, 1.165) is 19.3 Å². The molecule has 0 bridgehead atoms. The fourth-order valence-electron chi connectivity index (χ4n) is 2.93. The number of ether oxygens (including phenoxy) is 1. The van der Waals surface area contributed by atoms with E-state index in [2.05, 4.69) is 0 Å². The molecule has 19 heavy (non-hydrogen) atoms. The molecule has 1 unspecified atom stereocenters. The van der Waals surface area contributed by atoms with Gasteiger partial charge in [-0.15, -0.1) is 0 Å². The van der Waals surface area contributed by atoms with Crippen LogP contribution in [0.15, 0.2) is 0 Å². The molecule has 110 valence electrons. The summed E-state index contributed by atoms with van der Waals surface area (Å²) in [4.78, 5) is 13.4.